The average Bonchev–Trinajstić information content (AvgIpc) is 2.92. The summed E-state index contributed by atoms with van der Waals surface area (Å²) in [5.41, 5.74) is 2.49. The van der Waals surface area contributed by atoms with Crippen LogP contribution in [-0.2, 0) is 0 Å². The van der Waals surface area contributed by atoms with Gasteiger partial charge in [0.2, 0.25) is 11.8 Å². The minimum Gasteiger partial charge on any atom is -0.361 e. The van der Waals surface area contributed by atoms with Gasteiger partial charge in [0.1, 0.15) is 5.69 Å². The normalized spacial score (nSPS) is 22.1. The maximum Gasteiger partial charge on any atom is 0.332 e. The first-order chi connectivity index (χ1) is 8.02. The summed E-state index contributed by atoms with van der Waals surface area (Å²) in [4.78, 5) is 18.4. The van der Waals surface area contributed by atoms with Gasteiger partial charge in [-0.15, -0.1) is 0 Å². The highest BCUT2D eigenvalue weighted by Gasteiger charge is 2.35. The number of nitrogens with zero attached hydrogens (tertiary/aromatic N) is 3. The van der Waals surface area contributed by atoms with E-state index in [0.29, 0.717) is 5.92 Å². The van der Waals surface area contributed by atoms with Crippen molar-refractivity contribution in [1.29, 1.82) is 0 Å². The van der Waals surface area contributed by atoms with E-state index < -0.39 is 4.92 Å². The molecule has 0 saturated heterocycles. The first kappa shape index (κ1) is 11.5. The third-order valence-corrected chi connectivity index (χ3v) is 2.80. The van der Waals surface area contributed by atoms with Crippen LogP contribution in [0.5, 0.6) is 0 Å². The van der Waals surface area contributed by atoms with Crippen LogP contribution in [0.2, 0.25) is 0 Å². The second kappa shape index (κ2) is 4.13. The predicted octanol–water partition coefficient (Wildman–Crippen LogP) is 0.799. The van der Waals surface area contributed by atoms with Crippen molar-refractivity contribution in [2.75, 3.05) is 10.7 Å². The fourth-order valence-electron chi connectivity index (χ4n) is 1.65. The molecule has 0 radical (unpaired) electrons. The summed E-state index contributed by atoms with van der Waals surface area (Å²) in [6.45, 7) is 3.63. The van der Waals surface area contributed by atoms with Gasteiger partial charge in [-0.25, -0.2) is 10.8 Å². The molecule has 2 atom stereocenters. The van der Waals surface area contributed by atoms with Gasteiger partial charge in [-0.1, -0.05) is 6.92 Å². The number of nitrogen functional groups attached to an aromatic ring is 1. The molecule has 1 aromatic heterocycles. The Labute approximate surface area is 97.8 Å². The molecule has 92 valence electrons. The van der Waals surface area contributed by atoms with Crippen molar-refractivity contribution >= 4 is 17.5 Å². The Balaban J connectivity index is 2.37. The van der Waals surface area contributed by atoms with Crippen molar-refractivity contribution in [1.82, 2.24) is 9.97 Å². The zero-order valence-corrected chi connectivity index (χ0v) is 9.60. The van der Waals surface area contributed by atoms with E-state index in [9.17, 15) is 10.1 Å². The van der Waals surface area contributed by atoms with E-state index in [1.54, 1.807) is 6.92 Å². The summed E-state index contributed by atoms with van der Waals surface area (Å²) >= 11 is 0. The zero-order chi connectivity index (χ0) is 12.6. The van der Waals surface area contributed by atoms with Crippen molar-refractivity contribution in [3.63, 3.8) is 0 Å². The Bertz CT molecular complexity index is 463. The first-order valence-electron chi connectivity index (χ1n) is 5.29. The smallest absolute Gasteiger partial charge is 0.332 e. The van der Waals surface area contributed by atoms with Crippen LogP contribution in [0.4, 0.5) is 17.5 Å². The maximum atomic E-state index is 11.0. The third kappa shape index (κ3) is 2.26. The van der Waals surface area contributed by atoms with E-state index in [2.05, 4.69) is 27.6 Å². The molecule has 1 fully saturated rings. The van der Waals surface area contributed by atoms with Crippen LogP contribution in [0.15, 0.2) is 0 Å². The van der Waals surface area contributed by atoms with Gasteiger partial charge in [-0.2, -0.15) is 4.98 Å². The van der Waals surface area contributed by atoms with Gasteiger partial charge in [0, 0.05) is 6.04 Å². The van der Waals surface area contributed by atoms with Crippen molar-refractivity contribution in [3.8, 4) is 0 Å². The van der Waals surface area contributed by atoms with E-state index >= 15 is 0 Å². The predicted molar refractivity (Wildman–Crippen MR) is 62.4 cm³/mol. The van der Waals surface area contributed by atoms with Gasteiger partial charge in [-0.05, 0) is 19.3 Å². The molecular formula is C9H14N6O2. The van der Waals surface area contributed by atoms with E-state index in [1.807, 2.05) is 0 Å². The van der Waals surface area contributed by atoms with Crippen LogP contribution in [0, 0.1) is 23.0 Å². The Hall–Kier alpha value is -1.96. The molecule has 8 nitrogen and oxygen atoms in total. The third-order valence-electron chi connectivity index (χ3n) is 2.80. The number of anilines is 2. The summed E-state index contributed by atoms with van der Waals surface area (Å²) in [6, 6.07) is 0.244. The molecule has 1 aromatic rings. The topological polar surface area (TPSA) is 119 Å². The highest BCUT2D eigenvalue weighted by atomic mass is 16.6. The lowest BCUT2D eigenvalue weighted by molar-refractivity contribution is -0.385. The molecule has 4 N–H and O–H groups in total. The number of hydrazine groups is 1. The maximum absolute atomic E-state index is 11.0. The largest absolute Gasteiger partial charge is 0.361 e. The van der Waals surface area contributed by atoms with E-state index in [4.69, 9.17) is 5.84 Å². The van der Waals surface area contributed by atoms with E-state index in [-0.39, 0.29) is 29.2 Å². The minimum atomic E-state index is -0.481. The SMILES string of the molecule is Cc1nc(NN)nc(NC2CC2C)c1[N+](=O)[O-]. The first-order valence-corrected chi connectivity index (χ1v) is 5.29. The molecule has 1 aliphatic carbocycles. The fourth-order valence-corrected chi connectivity index (χ4v) is 1.65. The molecule has 1 heterocycles. The Morgan fingerprint density at radius 3 is 2.65 bits per heavy atom. The second-order valence-electron chi connectivity index (χ2n) is 4.20. The summed E-state index contributed by atoms with van der Waals surface area (Å²) in [5, 5.41) is 14.0. The molecule has 0 spiro atoms. The molecule has 0 amide bonds. The Kier molecular flexibility index (Phi) is 2.80. The zero-order valence-electron chi connectivity index (χ0n) is 9.60. The summed E-state index contributed by atoms with van der Waals surface area (Å²) < 4.78 is 0. The lowest BCUT2D eigenvalue weighted by Gasteiger charge is -2.08. The van der Waals surface area contributed by atoms with Crippen LogP contribution in [0.25, 0.3) is 0 Å². The van der Waals surface area contributed by atoms with E-state index in [1.165, 1.54) is 0 Å². The monoisotopic (exact) mass is 238 g/mol. The fraction of sp³-hybridized carbons (Fsp3) is 0.556. The number of aromatic nitrogens is 2. The van der Waals surface area contributed by atoms with Crippen LogP contribution in [0.1, 0.15) is 19.0 Å². The molecule has 0 aromatic carbocycles. The molecule has 1 aliphatic rings. The number of nitrogens with two attached hydrogens (primary N) is 1. The highest BCUT2D eigenvalue weighted by molar-refractivity contribution is 5.61. The summed E-state index contributed by atoms with van der Waals surface area (Å²) in [5.74, 6) is 6.12. The van der Waals surface area contributed by atoms with Crippen LogP contribution in [-0.4, -0.2) is 20.9 Å². The molecule has 2 unspecified atom stereocenters. The van der Waals surface area contributed by atoms with Gasteiger partial charge in [0.15, 0.2) is 0 Å². The van der Waals surface area contributed by atoms with Crippen molar-refractivity contribution in [3.05, 3.63) is 15.8 Å². The number of rotatable bonds is 4. The standard InChI is InChI=1S/C9H14N6O2/c1-4-3-6(4)12-8-7(15(16)17)5(2)11-9(13-8)14-10/h4,6H,3,10H2,1-2H3,(H2,11,12,13,14). The van der Waals surface area contributed by atoms with E-state index in [0.717, 1.165) is 6.42 Å². The number of aryl methyl sites for hydroxylation is 1. The van der Waals surface area contributed by atoms with Gasteiger partial charge in [0.05, 0.1) is 4.92 Å². The quantitative estimate of drug-likeness (QED) is 0.403. The van der Waals surface area contributed by atoms with Crippen LogP contribution >= 0.6 is 0 Å². The summed E-state index contributed by atoms with van der Waals surface area (Å²) in [6.07, 6.45) is 0.992. The molecule has 1 saturated carbocycles. The summed E-state index contributed by atoms with van der Waals surface area (Å²) in [7, 11) is 0. The van der Waals surface area contributed by atoms with Crippen molar-refractivity contribution in [2.24, 2.45) is 11.8 Å². The van der Waals surface area contributed by atoms with Gasteiger partial charge in [0.25, 0.3) is 0 Å². The van der Waals surface area contributed by atoms with Crippen molar-refractivity contribution in [2.45, 2.75) is 26.3 Å². The van der Waals surface area contributed by atoms with Gasteiger partial charge in [-0.3, -0.25) is 15.5 Å². The highest BCUT2D eigenvalue weighted by Crippen LogP contribution is 2.35. The Morgan fingerprint density at radius 1 is 1.53 bits per heavy atom. The van der Waals surface area contributed by atoms with Gasteiger partial charge >= 0.3 is 5.69 Å². The average molecular weight is 238 g/mol. The van der Waals surface area contributed by atoms with Crippen molar-refractivity contribution < 1.29 is 4.92 Å². The van der Waals surface area contributed by atoms with Crippen LogP contribution in [0.3, 0.4) is 0 Å². The number of nitro groups is 1. The Morgan fingerprint density at radius 2 is 2.18 bits per heavy atom. The molecular weight excluding hydrogens is 224 g/mol. The number of nitrogens with one attached hydrogen (secondary N) is 2. The molecule has 0 aliphatic heterocycles. The second-order valence-corrected chi connectivity index (χ2v) is 4.20. The van der Waals surface area contributed by atoms with Gasteiger partial charge < -0.3 is 5.32 Å². The molecule has 0 bridgehead atoms. The lowest BCUT2D eigenvalue weighted by Crippen LogP contribution is -2.15. The molecule has 8 heteroatoms. The molecule has 17 heavy (non-hydrogen) atoms. The number of hydrogen-bond donors (Lipinski definition) is 3. The molecule has 2 rings (SSSR count). The lowest BCUT2D eigenvalue weighted by atomic mass is 10.3. The van der Waals surface area contributed by atoms with Crippen LogP contribution < -0.4 is 16.6 Å². The minimum absolute atomic E-state index is 0.0944. The number of hydrogen-bond acceptors (Lipinski definition) is 7.